The zero-order valence-electron chi connectivity index (χ0n) is 14.7. The fourth-order valence-electron chi connectivity index (χ4n) is 6.75. The van der Waals surface area contributed by atoms with E-state index in [1.165, 1.54) is 18.4 Å². The molecule has 0 radical (unpaired) electrons. The van der Waals surface area contributed by atoms with E-state index in [2.05, 4.69) is 6.92 Å². The molecule has 24 heavy (non-hydrogen) atoms. The number of hydrogen-bond acceptors (Lipinski definition) is 3. The number of aliphatic hydroxyl groups is 2. The summed E-state index contributed by atoms with van der Waals surface area (Å²) in [6, 6.07) is 0. The smallest absolute Gasteiger partial charge is 0.155 e. The summed E-state index contributed by atoms with van der Waals surface area (Å²) in [6.45, 7) is 2.28. The fraction of sp³-hybridized carbons (Fsp3) is 0.762. The predicted octanol–water partition coefficient (Wildman–Crippen LogP) is 3.41. The highest BCUT2D eigenvalue weighted by atomic mass is 16.3. The summed E-state index contributed by atoms with van der Waals surface area (Å²) in [4.78, 5) is 11.8. The lowest BCUT2D eigenvalue weighted by Gasteiger charge is -2.55. The summed E-state index contributed by atoms with van der Waals surface area (Å²) < 4.78 is 0. The second-order valence-electron chi connectivity index (χ2n) is 8.81. The number of carbonyl (C=O) groups is 1. The molecule has 0 amide bonds. The zero-order chi connectivity index (χ0) is 16.9. The molecule has 0 heterocycles. The van der Waals surface area contributed by atoms with Gasteiger partial charge in [-0.1, -0.05) is 24.6 Å². The fourth-order valence-corrected chi connectivity index (χ4v) is 6.75. The highest BCUT2D eigenvalue weighted by Crippen LogP contribution is 2.65. The van der Waals surface area contributed by atoms with E-state index in [1.54, 1.807) is 6.08 Å². The highest BCUT2D eigenvalue weighted by molar-refractivity contribution is 5.91. The predicted molar refractivity (Wildman–Crippen MR) is 93.3 cm³/mol. The number of ketones is 1. The number of rotatable bonds is 2. The van der Waals surface area contributed by atoms with Crippen molar-refractivity contribution in [1.29, 1.82) is 0 Å². The molecule has 3 fully saturated rings. The van der Waals surface area contributed by atoms with E-state index in [1.807, 2.05) is 12.2 Å². The van der Waals surface area contributed by atoms with Gasteiger partial charge in [0.05, 0.1) is 12.2 Å². The molecule has 3 nitrogen and oxygen atoms in total. The van der Waals surface area contributed by atoms with E-state index in [9.17, 15) is 9.90 Å². The molecule has 0 aromatic carbocycles. The van der Waals surface area contributed by atoms with Gasteiger partial charge in [0.2, 0.25) is 0 Å². The van der Waals surface area contributed by atoms with Crippen LogP contribution in [-0.2, 0) is 4.79 Å². The van der Waals surface area contributed by atoms with E-state index in [-0.39, 0.29) is 12.0 Å². The molecule has 3 unspecified atom stereocenters. The number of hydrogen-bond donors (Lipinski definition) is 2. The van der Waals surface area contributed by atoms with Gasteiger partial charge in [-0.15, -0.1) is 0 Å². The SMILES string of the molecule is C[C@]12CCC3C(CCC4=CC(=O)CC[C@@H]43)C1CC[C@@]2(O)/C=C\CO. The summed E-state index contributed by atoms with van der Waals surface area (Å²) in [5.41, 5.74) is 0.597. The number of fused-ring (bicyclic) bond motifs is 5. The van der Waals surface area contributed by atoms with Gasteiger partial charge in [-0.3, -0.25) is 4.79 Å². The topological polar surface area (TPSA) is 57.5 Å². The van der Waals surface area contributed by atoms with Gasteiger partial charge in [0.15, 0.2) is 5.78 Å². The van der Waals surface area contributed by atoms with Crippen molar-refractivity contribution in [3.05, 3.63) is 23.8 Å². The minimum atomic E-state index is -0.760. The van der Waals surface area contributed by atoms with E-state index >= 15 is 0 Å². The van der Waals surface area contributed by atoms with E-state index < -0.39 is 5.60 Å². The van der Waals surface area contributed by atoms with Gasteiger partial charge < -0.3 is 10.2 Å². The average molecular weight is 330 g/mol. The van der Waals surface area contributed by atoms with Gasteiger partial charge in [0.25, 0.3) is 0 Å². The minimum absolute atomic E-state index is 0.000627. The molecule has 132 valence electrons. The average Bonchev–Trinajstić information content (AvgIpc) is 2.84. The van der Waals surface area contributed by atoms with Crippen LogP contribution in [0.4, 0.5) is 0 Å². The Morgan fingerprint density at radius 3 is 2.79 bits per heavy atom. The van der Waals surface area contributed by atoms with E-state index in [0.29, 0.717) is 29.5 Å². The van der Waals surface area contributed by atoms with Gasteiger partial charge in [-0.2, -0.15) is 0 Å². The molecule has 2 N–H and O–H groups in total. The van der Waals surface area contributed by atoms with Gasteiger partial charge in [-0.05, 0) is 74.7 Å². The Kier molecular flexibility index (Phi) is 4.00. The molecule has 4 rings (SSSR count). The van der Waals surface area contributed by atoms with Crippen molar-refractivity contribution in [3.8, 4) is 0 Å². The van der Waals surface area contributed by atoms with Crippen LogP contribution in [0, 0.1) is 29.1 Å². The van der Waals surface area contributed by atoms with Gasteiger partial charge >= 0.3 is 0 Å². The molecule has 4 aliphatic rings. The molecule has 0 aromatic rings. The Morgan fingerprint density at radius 1 is 1.17 bits per heavy atom. The van der Waals surface area contributed by atoms with Crippen molar-refractivity contribution >= 4 is 5.78 Å². The first kappa shape index (κ1) is 16.5. The summed E-state index contributed by atoms with van der Waals surface area (Å²) in [5, 5.41) is 20.4. The second kappa shape index (κ2) is 5.81. The summed E-state index contributed by atoms with van der Waals surface area (Å²) in [6.07, 6.45) is 13.7. The van der Waals surface area contributed by atoms with Crippen LogP contribution in [0.25, 0.3) is 0 Å². The third-order valence-corrected chi connectivity index (χ3v) is 8.01. The Labute approximate surface area is 144 Å². The van der Waals surface area contributed by atoms with Crippen LogP contribution in [0.3, 0.4) is 0 Å². The van der Waals surface area contributed by atoms with Crippen molar-refractivity contribution < 1.29 is 15.0 Å². The quantitative estimate of drug-likeness (QED) is 0.763. The molecule has 0 aliphatic heterocycles. The van der Waals surface area contributed by atoms with Crippen molar-refractivity contribution in [2.75, 3.05) is 6.61 Å². The molecular weight excluding hydrogens is 300 g/mol. The molecular formula is C21H30O3. The van der Waals surface area contributed by atoms with E-state index in [4.69, 9.17) is 5.11 Å². The third kappa shape index (κ3) is 2.28. The van der Waals surface area contributed by atoms with Crippen molar-refractivity contribution in [2.45, 2.75) is 63.9 Å². The van der Waals surface area contributed by atoms with Gasteiger partial charge in [0, 0.05) is 11.8 Å². The second-order valence-corrected chi connectivity index (χ2v) is 8.81. The van der Waals surface area contributed by atoms with Crippen LogP contribution >= 0.6 is 0 Å². The van der Waals surface area contributed by atoms with Gasteiger partial charge in [-0.25, -0.2) is 0 Å². The first-order valence-electron chi connectivity index (χ1n) is 9.73. The molecule has 0 saturated heterocycles. The molecule has 0 spiro atoms. The van der Waals surface area contributed by atoms with Crippen LogP contribution in [0.2, 0.25) is 0 Å². The highest BCUT2D eigenvalue weighted by Gasteiger charge is 2.61. The molecule has 3 heteroatoms. The molecule has 3 saturated carbocycles. The monoisotopic (exact) mass is 330 g/mol. The maximum absolute atomic E-state index is 11.8. The molecule has 0 bridgehead atoms. The van der Waals surface area contributed by atoms with Crippen LogP contribution in [-0.4, -0.2) is 28.2 Å². The standard InChI is InChI=1S/C21H30O3/c1-20-10-7-17-16-6-4-15(23)13-14(16)3-5-18(17)19(20)8-11-21(20,24)9-2-12-22/h2,9,13,16-19,22,24H,3-8,10-12H2,1H3/b9-2-/t16-,17?,18?,19?,20-,21-/m0/s1. The third-order valence-electron chi connectivity index (χ3n) is 8.01. The summed E-state index contributed by atoms with van der Waals surface area (Å²) in [5.74, 6) is 2.91. The summed E-state index contributed by atoms with van der Waals surface area (Å²) in [7, 11) is 0. The van der Waals surface area contributed by atoms with Crippen LogP contribution in [0.1, 0.15) is 58.3 Å². The largest absolute Gasteiger partial charge is 0.392 e. The van der Waals surface area contributed by atoms with Crippen molar-refractivity contribution in [3.63, 3.8) is 0 Å². The van der Waals surface area contributed by atoms with Crippen LogP contribution in [0.5, 0.6) is 0 Å². The van der Waals surface area contributed by atoms with Crippen LogP contribution in [0.15, 0.2) is 23.8 Å². The van der Waals surface area contributed by atoms with E-state index in [0.717, 1.165) is 38.5 Å². The Hall–Kier alpha value is -0.930. The normalized spacial score (nSPS) is 48.0. The molecule has 4 aliphatic carbocycles. The molecule has 6 atom stereocenters. The first-order valence-corrected chi connectivity index (χ1v) is 9.73. The van der Waals surface area contributed by atoms with Crippen LogP contribution < -0.4 is 0 Å². The minimum Gasteiger partial charge on any atom is -0.392 e. The summed E-state index contributed by atoms with van der Waals surface area (Å²) >= 11 is 0. The first-order chi connectivity index (χ1) is 11.5. The van der Waals surface area contributed by atoms with Crippen molar-refractivity contribution in [2.24, 2.45) is 29.1 Å². The number of allylic oxidation sites excluding steroid dienone is 1. The number of aliphatic hydroxyl groups excluding tert-OH is 1. The zero-order valence-corrected chi connectivity index (χ0v) is 14.7. The lowest BCUT2D eigenvalue weighted by molar-refractivity contribution is -0.116. The Bertz CT molecular complexity index is 592. The molecule has 0 aromatic heterocycles. The lowest BCUT2D eigenvalue weighted by Crippen LogP contribution is -2.52. The Balaban J connectivity index is 1.61. The van der Waals surface area contributed by atoms with Gasteiger partial charge in [0.1, 0.15) is 0 Å². The number of carbonyl (C=O) groups excluding carboxylic acids is 1. The lowest BCUT2D eigenvalue weighted by atomic mass is 9.50. The van der Waals surface area contributed by atoms with Crippen molar-refractivity contribution in [1.82, 2.24) is 0 Å². The maximum atomic E-state index is 11.8. The maximum Gasteiger partial charge on any atom is 0.155 e. The Morgan fingerprint density at radius 2 is 2.00 bits per heavy atom.